The number of carbonyl (C=O) groups is 1. The molecule has 1 saturated heterocycles. The minimum absolute atomic E-state index is 0.319. The zero-order valence-corrected chi connectivity index (χ0v) is 11.4. The van der Waals surface area contributed by atoms with Gasteiger partial charge in [0, 0.05) is 6.54 Å². The average molecular weight is 263 g/mol. The first-order valence-corrected chi connectivity index (χ1v) is 6.83. The van der Waals surface area contributed by atoms with Crippen LogP contribution in [-0.2, 0) is 4.74 Å². The van der Waals surface area contributed by atoms with E-state index in [0.717, 1.165) is 18.7 Å². The Balaban J connectivity index is 1.69. The lowest BCUT2D eigenvalue weighted by Crippen LogP contribution is -2.21. The first-order valence-electron chi connectivity index (χ1n) is 6.83. The third kappa shape index (κ3) is 4.24. The van der Waals surface area contributed by atoms with Crippen LogP contribution in [0.3, 0.4) is 0 Å². The summed E-state index contributed by atoms with van der Waals surface area (Å²) in [6, 6.07) is 7.06. The van der Waals surface area contributed by atoms with Crippen molar-refractivity contribution in [3.63, 3.8) is 0 Å². The summed E-state index contributed by atoms with van der Waals surface area (Å²) in [5, 5.41) is 0. The van der Waals surface area contributed by atoms with Crippen molar-refractivity contribution in [1.82, 2.24) is 4.90 Å². The Morgan fingerprint density at radius 1 is 1.21 bits per heavy atom. The minimum atomic E-state index is -0.319. The average Bonchev–Trinajstić information content (AvgIpc) is 2.96. The van der Waals surface area contributed by atoms with Crippen molar-refractivity contribution >= 4 is 5.97 Å². The molecule has 1 aliphatic rings. The Hall–Kier alpha value is -1.55. The Labute approximate surface area is 114 Å². The van der Waals surface area contributed by atoms with Crippen LogP contribution in [0.2, 0.25) is 0 Å². The number of likely N-dealkylation sites (tertiary alicyclic amines) is 1. The molecule has 0 atom stereocenters. The molecule has 1 fully saturated rings. The zero-order chi connectivity index (χ0) is 13.5. The number of rotatable bonds is 6. The van der Waals surface area contributed by atoms with Crippen molar-refractivity contribution in [1.29, 1.82) is 0 Å². The second-order valence-corrected chi connectivity index (χ2v) is 4.77. The number of esters is 1. The Bertz CT molecular complexity index is 396. The number of carbonyl (C=O) groups excluding carboxylic acids is 1. The van der Waals surface area contributed by atoms with Gasteiger partial charge in [-0.2, -0.15) is 0 Å². The van der Waals surface area contributed by atoms with E-state index in [-0.39, 0.29) is 5.97 Å². The highest BCUT2D eigenvalue weighted by Crippen LogP contribution is 2.13. The van der Waals surface area contributed by atoms with Crippen LogP contribution in [0.15, 0.2) is 24.3 Å². The highest BCUT2D eigenvalue weighted by atomic mass is 16.5. The highest BCUT2D eigenvalue weighted by molar-refractivity contribution is 5.89. The summed E-state index contributed by atoms with van der Waals surface area (Å²) in [6.45, 7) is 4.29. The summed E-state index contributed by atoms with van der Waals surface area (Å²) in [4.78, 5) is 13.7. The molecule has 1 aromatic carbocycles. The third-order valence-corrected chi connectivity index (χ3v) is 3.36. The lowest BCUT2D eigenvalue weighted by molar-refractivity contribution is 0.0600. The van der Waals surface area contributed by atoms with Gasteiger partial charge in [0.25, 0.3) is 0 Å². The third-order valence-electron chi connectivity index (χ3n) is 3.36. The van der Waals surface area contributed by atoms with E-state index in [4.69, 9.17) is 4.74 Å². The fraction of sp³-hybridized carbons (Fsp3) is 0.533. The topological polar surface area (TPSA) is 38.8 Å². The van der Waals surface area contributed by atoms with E-state index in [2.05, 4.69) is 9.64 Å². The summed E-state index contributed by atoms with van der Waals surface area (Å²) in [6.07, 6.45) is 3.70. The molecule has 0 aliphatic carbocycles. The van der Waals surface area contributed by atoms with Gasteiger partial charge in [-0.15, -0.1) is 0 Å². The van der Waals surface area contributed by atoms with E-state index >= 15 is 0 Å². The van der Waals surface area contributed by atoms with Crippen molar-refractivity contribution in [2.45, 2.75) is 19.3 Å². The van der Waals surface area contributed by atoms with Crippen LogP contribution in [0.4, 0.5) is 0 Å². The van der Waals surface area contributed by atoms with Gasteiger partial charge < -0.3 is 14.4 Å². The smallest absolute Gasteiger partial charge is 0.337 e. The predicted molar refractivity (Wildman–Crippen MR) is 73.6 cm³/mol. The van der Waals surface area contributed by atoms with Gasteiger partial charge >= 0.3 is 5.97 Å². The molecule has 0 amide bonds. The van der Waals surface area contributed by atoms with Crippen LogP contribution in [0.5, 0.6) is 5.75 Å². The summed E-state index contributed by atoms with van der Waals surface area (Å²) in [5.74, 6) is 0.481. The molecule has 0 N–H and O–H groups in total. The Kier molecular flexibility index (Phi) is 5.21. The molecule has 0 saturated carbocycles. The highest BCUT2D eigenvalue weighted by Gasteiger charge is 2.10. The first kappa shape index (κ1) is 13.9. The normalized spacial score (nSPS) is 15.4. The van der Waals surface area contributed by atoms with Crippen molar-refractivity contribution in [2.75, 3.05) is 33.4 Å². The van der Waals surface area contributed by atoms with Gasteiger partial charge in [-0.3, -0.25) is 0 Å². The largest absolute Gasteiger partial charge is 0.494 e. The molecule has 0 bridgehead atoms. The monoisotopic (exact) mass is 263 g/mol. The van der Waals surface area contributed by atoms with E-state index in [1.54, 1.807) is 12.1 Å². The van der Waals surface area contributed by atoms with E-state index in [1.807, 2.05) is 12.1 Å². The van der Waals surface area contributed by atoms with Crippen LogP contribution < -0.4 is 4.74 Å². The number of ether oxygens (including phenoxy) is 2. The molecular weight excluding hydrogens is 242 g/mol. The number of hydrogen-bond acceptors (Lipinski definition) is 4. The van der Waals surface area contributed by atoms with Gasteiger partial charge in [0.1, 0.15) is 5.75 Å². The van der Waals surface area contributed by atoms with E-state index in [1.165, 1.54) is 33.0 Å². The second-order valence-electron chi connectivity index (χ2n) is 4.77. The summed E-state index contributed by atoms with van der Waals surface area (Å²) < 4.78 is 10.3. The molecule has 1 heterocycles. The molecule has 0 radical (unpaired) electrons. The first-order chi connectivity index (χ1) is 9.29. The summed E-state index contributed by atoms with van der Waals surface area (Å²) >= 11 is 0. The molecule has 4 nitrogen and oxygen atoms in total. The van der Waals surface area contributed by atoms with Gasteiger partial charge in [-0.25, -0.2) is 4.79 Å². The SMILES string of the molecule is COC(=O)c1ccc(OCCCN2CCCC2)cc1. The maximum atomic E-state index is 11.3. The Morgan fingerprint density at radius 2 is 1.89 bits per heavy atom. The molecule has 1 aromatic rings. The van der Waals surface area contributed by atoms with Crippen LogP contribution in [0, 0.1) is 0 Å². The molecule has 1 aliphatic heterocycles. The molecule has 0 unspecified atom stereocenters. The Morgan fingerprint density at radius 3 is 2.53 bits per heavy atom. The van der Waals surface area contributed by atoms with Crippen molar-refractivity contribution in [2.24, 2.45) is 0 Å². The molecule has 104 valence electrons. The number of benzene rings is 1. The van der Waals surface area contributed by atoms with E-state index in [9.17, 15) is 4.79 Å². The standard InChI is InChI=1S/C15H21NO3/c1-18-15(17)13-5-7-14(8-6-13)19-12-4-11-16-9-2-3-10-16/h5-8H,2-4,9-12H2,1H3. The van der Waals surface area contributed by atoms with Gasteiger partial charge in [-0.05, 0) is 56.6 Å². The van der Waals surface area contributed by atoms with Crippen molar-refractivity contribution in [3.05, 3.63) is 29.8 Å². The lowest BCUT2D eigenvalue weighted by Gasteiger charge is -2.14. The molecule has 2 rings (SSSR count). The molecule has 0 aromatic heterocycles. The second kappa shape index (κ2) is 7.14. The van der Waals surface area contributed by atoms with E-state index < -0.39 is 0 Å². The summed E-state index contributed by atoms with van der Waals surface area (Å²) in [7, 11) is 1.38. The van der Waals surface area contributed by atoms with Crippen LogP contribution >= 0.6 is 0 Å². The quantitative estimate of drug-likeness (QED) is 0.583. The fourth-order valence-corrected chi connectivity index (χ4v) is 2.29. The van der Waals surface area contributed by atoms with Gasteiger partial charge in [0.05, 0.1) is 19.3 Å². The van der Waals surface area contributed by atoms with Crippen LogP contribution in [-0.4, -0.2) is 44.2 Å². The van der Waals surface area contributed by atoms with Gasteiger partial charge in [0.15, 0.2) is 0 Å². The molecular formula is C15H21NO3. The summed E-state index contributed by atoms with van der Waals surface area (Å²) in [5.41, 5.74) is 0.548. The van der Waals surface area contributed by atoms with Crippen molar-refractivity contribution in [3.8, 4) is 5.75 Å². The lowest BCUT2D eigenvalue weighted by atomic mass is 10.2. The minimum Gasteiger partial charge on any atom is -0.494 e. The molecule has 0 spiro atoms. The predicted octanol–water partition coefficient (Wildman–Crippen LogP) is 2.34. The maximum absolute atomic E-state index is 11.3. The van der Waals surface area contributed by atoms with Gasteiger partial charge in [0.2, 0.25) is 0 Å². The molecule has 19 heavy (non-hydrogen) atoms. The number of nitrogens with zero attached hydrogens (tertiary/aromatic N) is 1. The number of hydrogen-bond donors (Lipinski definition) is 0. The number of methoxy groups -OCH3 is 1. The van der Waals surface area contributed by atoms with Gasteiger partial charge in [-0.1, -0.05) is 0 Å². The van der Waals surface area contributed by atoms with E-state index in [0.29, 0.717) is 12.2 Å². The van der Waals surface area contributed by atoms with Crippen LogP contribution in [0.25, 0.3) is 0 Å². The van der Waals surface area contributed by atoms with Crippen molar-refractivity contribution < 1.29 is 14.3 Å². The molecule has 4 heteroatoms. The zero-order valence-electron chi connectivity index (χ0n) is 11.4. The van der Waals surface area contributed by atoms with Crippen LogP contribution in [0.1, 0.15) is 29.6 Å². The fourth-order valence-electron chi connectivity index (χ4n) is 2.29. The maximum Gasteiger partial charge on any atom is 0.337 e.